The molecule has 1 N–H and O–H groups in total. The van der Waals surface area contributed by atoms with Crippen molar-refractivity contribution in [3.05, 3.63) is 74.3 Å². The van der Waals surface area contributed by atoms with Gasteiger partial charge in [0.15, 0.2) is 0 Å². The van der Waals surface area contributed by atoms with Gasteiger partial charge in [0.05, 0.1) is 6.61 Å². The van der Waals surface area contributed by atoms with Crippen LogP contribution in [0, 0.1) is 26.1 Å². The molecule has 0 saturated heterocycles. The molecule has 3 amide bonds. The number of unbranched alkanes of at least 4 members (excludes halogenated alkanes) is 2. The largest absolute Gasteiger partial charge is 0.424 e. The number of carbonyl (C=O) groups excluding carboxylic acids is 3. The van der Waals surface area contributed by atoms with Gasteiger partial charge in [0.2, 0.25) is 24.4 Å². The van der Waals surface area contributed by atoms with Gasteiger partial charge in [0.1, 0.15) is 12.6 Å². The number of tetrazole rings is 1. The summed E-state index contributed by atoms with van der Waals surface area (Å²) in [6, 6.07) is 14.3. The SMILES string of the molecule is CCCCC(=O)N(Cc1ccc(-c2ccccc2-c2nnn(COC(=O)NCCO[N+](=O)[O-])n2)cc1)C(C(=O)N(C)CCCCO[N+](=O)[O-])C(C)C. The molecule has 0 aliphatic rings. The zero-order chi connectivity index (χ0) is 38.0. The van der Waals surface area contributed by atoms with Crippen LogP contribution in [0.3, 0.4) is 0 Å². The summed E-state index contributed by atoms with van der Waals surface area (Å²) in [4.78, 5) is 72.6. The zero-order valence-corrected chi connectivity index (χ0v) is 29.7. The van der Waals surface area contributed by atoms with Crippen molar-refractivity contribution in [2.45, 2.75) is 72.2 Å². The first-order valence-corrected chi connectivity index (χ1v) is 16.9. The van der Waals surface area contributed by atoms with Crippen LogP contribution in [0.2, 0.25) is 0 Å². The molecular formula is C33H45N9O10. The zero-order valence-electron chi connectivity index (χ0n) is 29.7. The lowest BCUT2D eigenvalue weighted by molar-refractivity contribution is -0.757. The van der Waals surface area contributed by atoms with Crippen molar-refractivity contribution in [1.29, 1.82) is 0 Å². The summed E-state index contributed by atoms with van der Waals surface area (Å²) in [5.41, 5.74) is 3.13. The Morgan fingerprint density at radius 1 is 0.942 bits per heavy atom. The fraction of sp³-hybridized carbons (Fsp3) is 0.515. The van der Waals surface area contributed by atoms with Crippen LogP contribution in [0.25, 0.3) is 22.5 Å². The number of amides is 3. The van der Waals surface area contributed by atoms with E-state index in [4.69, 9.17) is 4.74 Å². The van der Waals surface area contributed by atoms with E-state index < -0.39 is 22.3 Å². The third-order valence-corrected chi connectivity index (χ3v) is 7.86. The number of nitrogens with one attached hydrogen (secondary N) is 1. The van der Waals surface area contributed by atoms with Crippen molar-refractivity contribution in [2.24, 2.45) is 5.92 Å². The van der Waals surface area contributed by atoms with Crippen molar-refractivity contribution in [2.75, 3.05) is 33.4 Å². The van der Waals surface area contributed by atoms with E-state index >= 15 is 0 Å². The molecule has 282 valence electrons. The topological polar surface area (TPSA) is 227 Å². The maximum Gasteiger partial charge on any atom is 0.409 e. The van der Waals surface area contributed by atoms with Gasteiger partial charge >= 0.3 is 6.09 Å². The summed E-state index contributed by atoms with van der Waals surface area (Å²) in [7, 11) is 1.67. The maximum absolute atomic E-state index is 13.7. The summed E-state index contributed by atoms with van der Waals surface area (Å²) >= 11 is 0. The summed E-state index contributed by atoms with van der Waals surface area (Å²) in [5, 5.41) is 33.5. The number of hydrogen-bond acceptors (Lipinski definition) is 13. The average Bonchev–Trinajstić information content (AvgIpc) is 3.60. The number of ether oxygens (including phenoxy) is 1. The Balaban J connectivity index is 1.74. The molecule has 0 saturated carbocycles. The van der Waals surface area contributed by atoms with Gasteiger partial charge in [-0.2, -0.15) is 0 Å². The predicted molar refractivity (Wildman–Crippen MR) is 185 cm³/mol. The molecule has 1 heterocycles. The lowest BCUT2D eigenvalue weighted by atomic mass is 9.97. The minimum Gasteiger partial charge on any atom is -0.424 e. The Bertz CT molecular complexity index is 1630. The molecule has 1 aromatic heterocycles. The molecule has 0 radical (unpaired) electrons. The van der Waals surface area contributed by atoms with Crippen LogP contribution in [0.1, 0.15) is 58.4 Å². The van der Waals surface area contributed by atoms with E-state index in [9.17, 15) is 34.6 Å². The number of likely N-dealkylation sites (N-methyl/N-ethyl adjacent to an activating group) is 1. The summed E-state index contributed by atoms with van der Waals surface area (Å²) < 4.78 is 5.02. The van der Waals surface area contributed by atoms with Crippen LogP contribution in [0.5, 0.6) is 0 Å². The molecule has 3 rings (SSSR count). The van der Waals surface area contributed by atoms with Gasteiger partial charge in [0, 0.05) is 38.7 Å². The Labute approximate surface area is 300 Å². The number of benzene rings is 2. The molecule has 1 atom stereocenters. The first kappa shape index (κ1) is 40.5. The van der Waals surface area contributed by atoms with Gasteiger partial charge < -0.3 is 29.5 Å². The smallest absolute Gasteiger partial charge is 0.409 e. The molecule has 52 heavy (non-hydrogen) atoms. The molecule has 19 nitrogen and oxygen atoms in total. The maximum atomic E-state index is 13.7. The first-order valence-electron chi connectivity index (χ1n) is 16.9. The van der Waals surface area contributed by atoms with E-state index in [0.717, 1.165) is 27.9 Å². The predicted octanol–water partition coefficient (Wildman–Crippen LogP) is 3.89. The van der Waals surface area contributed by atoms with E-state index in [0.29, 0.717) is 37.8 Å². The second-order valence-corrected chi connectivity index (χ2v) is 12.1. The molecule has 0 aliphatic carbocycles. The molecule has 0 fully saturated rings. The molecule has 0 aliphatic heterocycles. The Morgan fingerprint density at radius 3 is 2.27 bits per heavy atom. The molecular weight excluding hydrogens is 682 g/mol. The second-order valence-electron chi connectivity index (χ2n) is 12.1. The van der Waals surface area contributed by atoms with E-state index in [1.165, 1.54) is 0 Å². The monoisotopic (exact) mass is 727 g/mol. The van der Waals surface area contributed by atoms with Gasteiger partial charge in [-0.1, -0.05) is 75.7 Å². The molecule has 0 spiro atoms. The molecule has 0 bridgehead atoms. The standard InChI is InChI=1S/C33H45N9O10/c1-5-6-13-29(43)39(30(24(2)3)32(44)38(4)19-9-10-20-51-41(46)47)22-25-14-16-26(17-15-25)27-11-7-8-12-28(27)31-35-37-40(36-31)23-50-33(45)34-18-21-52-42(48)49/h7-8,11-12,14-17,24,30H,5-6,9-10,13,18-23H2,1-4H3,(H,34,45). The molecule has 19 heteroatoms. The average molecular weight is 728 g/mol. The third kappa shape index (κ3) is 12.8. The van der Waals surface area contributed by atoms with Crippen LogP contribution in [-0.2, 0) is 37.3 Å². The van der Waals surface area contributed by atoms with Gasteiger partial charge in [-0.25, -0.2) is 4.79 Å². The van der Waals surface area contributed by atoms with Crippen LogP contribution in [-0.4, -0.2) is 97.5 Å². The van der Waals surface area contributed by atoms with E-state index in [1.807, 2.05) is 69.3 Å². The van der Waals surface area contributed by atoms with Crippen molar-refractivity contribution in [3.8, 4) is 22.5 Å². The van der Waals surface area contributed by atoms with Gasteiger partial charge in [-0.15, -0.1) is 35.2 Å². The quantitative estimate of drug-likeness (QED) is 0.0881. The number of aromatic nitrogens is 4. The minimum atomic E-state index is -0.965. The Kier molecular flexibility index (Phi) is 16.2. The molecule has 2 aromatic carbocycles. The number of carbonyl (C=O) groups is 3. The van der Waals surface area contributed by atoms with Crippen LogP contribution in [0.4, 0.5) is 4.79 Å². The number of rotatable bonds is 22. The highest BCUT2D eigenvalue weighted by atomic mass is 17.0. The van der Waals surface area contributed by atoms with Crippen molar-refractivity contribution in [1.82, 2.24) is 35.3 Å². The lowest BCUT2D eigenvalue weighted by Gasteiger charge is -2.36. The minimum absolute atomic E-state index is 0.0503. The number of nitrogens with zero attached hydrogens (tertiary/aromatic N) is 8. The highest BCUT2D eigenvalue weighted by molar-refractivity contribution is 5.88. The Morgan fingerprint density at radius 2 is 1.62 bits per heavy atom. The van der Waals surface area contributed by atoms with Crippen LogP contribution < -0.4 is 5.32 Å². The lowest BCUT2D eigenvalue weighted by Crippen LogP contribution is -2.52. The molecule has 3 aromatic rings. The van der Waals surface area contributed by atoms with Gasteiger partial charge in [-0.05, 0) is 47.1 Å². The van der Waals surface area contributed by atoms with E-state index in [-0.39, 0.29) is 56.6 Å². The normalized spacial score (nSPS) is 11.4. The second kappa shape index (κ2) is 20.7. The Hall–Kier alpha value is -5.88. The first-order chi connectivity index (χ1) is 24.9. The van der Waals surface area contributed by atoms with Crippen molar-refractivity contribution < 1.29 is 39.0 Å². The summed E-state index contributed by atoms with van der Waals surface area (Å²) in [5.74, 6) is -0.214. The number of alkyl carbamates (subject to hydrolysis) is 1. The summed E-state index contributed by atoms with van der Waals surface area (Å²) in [6.07, 6.45) is 1.91. The van der Waals surface area contributed by atoms with Crippen LogP contribution >= 0.6 is 0 Å². The summed E-state index contributed by atoms with van der Waals surface area (Å²) in [6.45, 7) is 5.54. The fourth-order valence-corrected chi connectivity index (χ4v) is 5.28. The highest BCUT2D eigenvalue weighted by Gasteiger charge is 2.34. The highest BCUT2D eigenvalue weighted by Crippen LogP contribution is 2.30. The fourth-order valence-electron chi connectivity index (χ4n) is 5.28. The van der Waals surface area contributed by atoms with Crippen LogP contribution in [0.15, 0.2) is 48.5 Å². The van der Waals surface area contributed by atoms with Crippen molar-refractivity contribution in [3.63, 3.8) is 0 Å². The van der Waals surface area contributed by atoms with Crippen molar-refractivity contribution >= 4 is 17.9 Å². The van der Waals surface area contributed by atoms with E-state index in [2.05, 4.69) is 30.4 Å². The van der Waals surface area contributed by atoms with Gasteiger partial charge in [0.25, 0.3) is 10.2 Å². The number of hydrogen-bond donors (Lipinski definition) is 1. The van der Waals surface area contributed by atoms with Gasteiger partial charge in [-0.3, -0.25) is 9.59 Å². The van der Waals surface area contributed by atoms with E-state index in [1.54, 1.807) is 16.8 Å². The third-order valence-electron chi connectivity index (χ3n) is 7.86. The molecule has 1 unspecified atom stereocenters.